The molecule has 0 atom stereocenters. The molecule has 7 heteroatoms. The van der Waals surface area contributed by atoms with Crippen molar-refractivity contribution in [3.63, 3.8) is 0 Å². The van der Waals surface area contributed by atoms with E-state index in [-0.39, 0.29) is 5.91 Å². The van der Waals surface area contributed by atoms with Gasteiger partial charge in [0.05, 0.1) is 23.3 Å². The molecule has 1 amide bonds. The monoisotopic (exact) mass is 369 g/mol. The highest BCUT2D eigenvalue weighted by molar-refractivity contribution is 6.31. The summed E-state index contributed by atoms with van der Waals surface area (Å²) < 4.78 is 2.14. The lowest BCUT2D eigenvalue weighted by atomic mass is 10.1. The lowest BCUT2D eigenvalue weighted by Crippen LogP contribution is -2.26. The molecule has 0 aliphatic carbocycles. The molecule has 0 spiro atoms. The highest BCUT2D eigenvalue weighted by Crippen LogP contribution is 2.21. The summed E-state index contributed by atoms with van der Waals surface area (Å²) in [6, 6.07) is 7.31. The lowest BCUT2D eigenvalue weighted by Gasteiger charge is -2.10. The van der Waals surface area contributed by atoms with Crippen molar-refractivity contribution in [1.29, 1.82) is 0 Å². The van der Waals surface area contributed by atoms with Gasteiger partial charge in [0.1, 0.15) is 5.82 Å². The second kappa shape index (κ2) is 7.03. The molecule has 1 aliphatic rings. The Kier molecular flexibility index (Phi) is 4.59. The predicted octanol–water partition coefficient (Wildman–Crippen LogP) is 3.44. The smallest absolute Gasteiger partial charge is 0.253 e. The van der Waals surface area contributed by atoms with Crippen LogP contribution >= 0.6 is 11.6 Å². The number of benzene rings is 1. The Balaban J connectivity index is 1.54. The Bertz CT molecular complexity index is 981. The maximum Gasteiger partial charge on any atom is 0.253 e. The van der Waals surface area contributed by atoms with Crippen molar-refractivity contribution in [3.05, 3.63) is 52.2 Å². The Morgan fingerprint density at radius 3 is 3.00 bits per heavy atom. The van der Waals surface area contributed by atoms with Crippen LogP contribution < -0.4 is 5.32 Å². The normalized spacial score (nSPS) is 14.1. The van der Waals surface area contributed by atoms with E-state index in [0.717, 1.165) is 48.4 Å². The van der Waals surface area contributed by atoms with Gasteiger partial charge in [-0.05, 0) is 44.0 Å². The van der Waals surface area contributed by atoms with Gasteiger partial charge < -0.3 is 9.88 Å². The van der Waals surface area contributed by atoms with Gasteiger partial charge in [-0.25, -0.2) is 0 Å². The molecule has 0 unspecified atom stereocenters. The van der Waals surface area contributed by atoms with Crippen molar-refractivity contribution in [2.75, 3.05) is 0 Å². The summed E-state index contributed by atoms with van der Waals surface area (Å²) in [5, 5.41) is 13.0. The maximum atomic E-state index is 12.7. The first kappa shape index (κ1) is 17.0. The van der Waals surface area contributed by atoms with Gasteiger partial charge in [0.15, 0.2) is 5.82 Å². The van der Waals surface area contributed by atoms with Crippen molar-refractivity contribution in [2.45, 2.75) is 45.7 Å². The zero-order chi connectivity index (χ0) is 18.1. The first-order valence-corrected chi connectivity index (χ1v) is 9.25. The highest BCUT2D eigenvalue weighted by Gasteiger charge is 2.17. The summed E-state index contributed by atoms with van der Waals surface area (Å²) in [4.78, 5) is 17.2. The first-order valence-electron chi connectivity index (χ1n) is 8.88. The summed E-state index contributed by atoms with van der Waals surface area (Å²) in [5.74, 6) is 1.66. The van der Waals surface area contributed by atoms with E-state index in [2.05, 4.69) is 25.1 Å². The molecule has 4 rings (SSSR count). The number of carbonyl (C=O) groups excluding carboxylic acids is 1. The summed E-state index contributed by atoms with van der Waals surface area (Å²) in [5.41, 5.74) is 2.07. The Labute approximate surface area is 156 Å². The third-order valence-corrected chi connectivity index (χ3v) is 5.04. The van der Waals surface area contributed by atoms with Gasteiger partial charge in [-0.3, -0.25) is 9.78 Å². The largest absolute Gasteiger partial charge is 0.345 e. The van der Waals surface area contributed by atoms with Crippen molar-refractivity contribution in [3.8, 4) is 0 Å². The van der Waals surface area contributed by atoms with Crippen LogP contribution in [0.5, 0.6) is 0 Å². The molecule has 26 heavy (non-hydrogen) atoms. The van der Waals surface area contributed by atoms with Gasteiger partial charge in [0, 0.05) is 23.4 Å². The minimum Gasteiger partial charge on any atom is -0.345 e. The Morgan fingerprint density at radius 2 is 2.12 bits per heavy atom. The topological polar surface area (TPSA) is 72.7 Å². The number of aryl methyl sites for hydroxylation is 2. The molecule has 134 valence electrons. The standard InChI is InChI=1S/C19H20ClN5O/c1-12-15(10-13-9-14(20)6-7-16(13)22-12)19(26)21-11-18-24-23-17-5-3-2-4-8-25(17)18/h6-7,9-10H,2-5,8,11H2,1H3,(H,21,26). The van der Waals surface area contributed by atoms with Gasteiger partial charge in [-0.15, -0.1) is 10.2 Å². The number of amides is 1. The number of carbonyl (C=O) groups is 1. The number of hydrogen-bond donors (Lipinski definition) is 1. The number of fused-ring (bicyclic) bond motifs is 2. The molecule has 3 aromatic rings. The average Bonchev–Trinajstić information content (AvgIpc) is 2.85. The zero-order valence-corrected chi connectivity index (χ0v) is 15.4. The molecule has 3 heterocycles. The molecule has 1 N–H and O–H groups in total. The molecule has 0 bridgehead atoms. The maximum absolute atomic E-state index is 12.7. The number of nitrogens with one attached hydrogen (secondary N) is 1. The van der Waals surface area contributed by atoms with Crippen molar-refractivity contribution in [2.24, 2.45) is 0 Å². The van der Waals surface area contributed by atoms with Crippen LogP contribution in [0.4, 0.5) is 0 Å². The molecule has 0 fully saturated rings. The zero-order valence-electron chi connectivity index (χ0n) is 14.6. The quantitative estimate of drug-likeness (QED) is 0.767. The van der Waals surface area contributed by atoms with Crippen molar-refractivity contribution in [1.82, 2.24) is 25.1 Å². The fourth-order valence-electron chi connectivity index (χ4n) is 3.40. The van der Waals surface area contributed by atoms with Crippen LogP contribution in [0.2, 0.25) is 5.02 Å². The van der Waals surface area contributed by atoms with E-state index in [1.165, 1.54) is 6.42 Å². The first-order chi connectivity index (χ1) is 12.6. The van der Waals surface area contributed by atoms with E-state index in [9.17, 15) is 4.79 Å². The molecular weight excluding hydrogens is 350 g/mol. The molecule has 1 aromatic carbocycles. The van der Waals surface area contributed by atoms with Gasteiger partial charge >= 0.3 is 0 Å². The Hall–Kier alpha value is -2.47. The lowest BCUT2D eigenvalue weighted by molar-refractivity contribution is 0.0948. The summed E-state index contributed by atoms with van der Waals surface area (Å²) in [6.45, 7) is 3.12. The minimum atomic E-state index is -0.164. The second-order valence-electron chi connectivity index (χ2n) is 6.64. The van der Waals surface area contributed by atoms with Crippen LogP contribution in [-0.2, 0) is 19.5 Å². The van der Waals surface area contributed by atoms with Gasteiger partial charge in [-0.1, -0.05) is 18.0 Å². The third-order valence-electron chi connectivity index (χ3n) is 4.81. The van der Waals surface area contributed by atoms with E-state index >= 15 is 0 Å². The summed E-state index contributed by atoms with van der Waals surface area (Å²) >= 11 is 6.05. The van der Waals surface area contributed by atoms with Gasteiger partial charge in [0.2, 0.25) is 0 Å². The highest BCUT2D eigenvalue weighted by atomic mass is 35.5. The van der Waals surface area contributed by atoms with E-state index in [1.807, 2.05) is 25.1 Å². The van der Waals surface area contributed by atoms with Crippen molar-refractivity contribution < 1.29 is 4.79 Å². The number of halogens is 1. The molecule has 6 nitrogen and oxygen atoms in total. The van der Waals surface area contributed by atoms with E-state index in [1.54, 1.807) is 6.07 Å². The number of hydrogen-bond acceptors (Lipinski definition) is 4. The van der Waals surface area contributed by atoms with Crippen LogP contribution in [0.15, 0.2) is 24.3 Å². The molecule has 0 radical (unpaired) electrons. The van der Waals surface area contributed by atoms with Crippen molar-refractivity contribution >= 4 is 28.4 Å². The van der Waals surface area contributed by atoms with E-state index in [0.29, 0.717) is 22.8 Å². The number of rotatable bonds is 3. The predicted molar refractivity (Wildman–Crippen MR) is 100 cm³/mol. The van der Waals surface area contributed by atoms with E-state index < -0.39 is 0 Å². The van der Waals surface area contributed by atoms with Gasteiger partial charge in [-0.2, -0.15) is 0 Å². The van der Waals surface area contributed by atoms with E-state index in [4.69, 9.17) is 11.6 Å². The van der Waals surface area contributed by atoms with Crippen LogP contribution in [0.25, 0.3) is 10.9 Å². The molecular formula is C19H20ClN5O. The molecule has 0 saturated heterocycles. The van der Waals surface area contributed by atoms with Gasteiger partial charge in [0.25, 0.3) is 5.91 Å². The average molecular weight is 370 g/mol. The van der Waals surface area contributed by atoms with Crippen LogP contribution in [0.1, 0.15) is 47.0 Å². The molecule has 2 aromatic heterocycles. The van der Waals surface area contributed by atoms with Crippen LogP contribution in [0, 0.1) is 6.92 Å². The SMILES string of the molecule is Cc1nc2ccc(Cl)cc2cc1C(=O)NCc1nnc2n1CCCCC2. The third kappa shape index (κ3) is 3.29. The molecule has 1 aliphatic heterocycles. The minimum absolute atomic E-state index is 0.164. The van der Waals surface area contributed by atoms with Crippen LogP contribution in [-0.4, -0.2) is 25.7 Å². The number of pyridine rings is 1. The fourth-order valence-corrected chi connectivity index (χ4v) is 3.58. The number of aromatic nitrogens is 4. The second-order valence-corrected chi connectivity index (χ2v) is 7.07. The summed E-state index contributed by atoms with van der Waals surface area (Å²) in [6.07, 6.45) is 4.44. The van der Waals surface area contributed by atoms with Crippen LogP contribution in [0.3, 0.4) is 0 Å². The Morgan fingerprint density at radius 1 is 1.23 bits per heavy atom. The summed E-state index contributed by atoms with van der Waals surface area (Å²) in [7, 11) is 0. The fraction of sp³-hybridized carbons (Fsp3) is 0.368. The molecule has 0 saturated carbocycles. The number of nitrogens with zero attached hydrogens (tertiary/aromatic N) is 4.